The molecule has 1 aromatic carbocycles. The van der Waals surface area contributed by atoms with Crippen LogP contribution in [0, 0.1) is 6.92 Å². The number of carbonyl (C=O) groups excluding carboxylic acids is 1. The molecule has 0 unspecified atom stereocenters. The number of hydrogen-bond acceptors (Lipinski definition) is 3. The Balaban J connectivity index is 2.38. The van der Waals surface area contributed by atoms with Gasteiger partial charge in [0.1, 0.15) is 5.75 Å². The van der Waals surface area contributed by atoms with Crippen LogP contribution in [0.5, 0.6) is 5.75 Å². The van der Waals surface area contributed by atoms with Crippen LogP contribution in [-0.2, 0) is 9.53 Å². The van der Waals surface area contributed by atoms with E-state index in [1.54, 1.807) is 7.11 Å². The Bertz CT molecular complexity index is 430. The van der Waals surface area contributed by atoms with Crippen LogP contribution < -0.4 is 10.1 Å². The monoisotopic (exact) mass is 279 g/mol. The number of nitrogens with one attached hydrogen (secondary N) is 1. The van der Waals surface area contributed by atoms with Crippen molar-refractivity contribution in [1.29, 1.82) is 0 Å². The first-order chi connectivity index (χ1) is 9.54. The van der Waals surface area contributed by atoms with Crippen LogP contribution in [0.1, 0.15) is 37.3 Å². The van der Waals surface area contributed by atoms with Gasteiger partial charge in [0, 0.05) is 20.3 Å². The van der Waals surface area contributed by atoms with Crippen LogP contribution in [-0.4, -0.2) is 32.8 Å². The fourth-order valence-corrected chi connectivity index (χ4v) is 2.03. The van der Waals surface area contributed by atoms with E-state index in [2.05, 4.69) is 32.2 Å². The predicted molar refractivity (Wildman–Crippen MR) is 80.3 cm³/mol. The van der Waals surface area contributed by atoms with Crippen LogP contribution in [0.15, 0.2) is 18.2 Å². The second-order valence-corrected chi connectivity index (χ2v) is 5.16. The second kappa shape index (κ2) is 8.59. The largest absolute Gasteiger partial charge is 0.484 e. The van der Waals surface area contributed by atoms with E-state index in [1.807, 2.05) is 12.1 Å². The van der Waals surface area contributed by atoms with E-state index in [4.69, 9.17) is 9.47 Å². The average molecular weight is 279 g/mol. The van der Waals surface area contributed by atoms with Gasteiger partial charge in [-0.2, -0.15) is 0 Å². The topological polar surface area (TPSA) is 47.6 Å². The number of rotatable bonds is 8. The van der Waals surface area contributed by atoms with Crippen molar-refractivity contribution in [3.8, 4) is 5.75 Å². The Morgan fingerprint density at radius 3 is 2.70 bits per heavy atom. The number of carbonyl (C=O) groups is 1. The van der Waals surface area contributed by atoms with Crippen molar-refractivity contribution in [2.45, 2.75) is 33.1 Å². The number of benzene rings is 1. The summed E-state index contributed by atoms with van der Waals surface area (Å²) in [5, 5.41) is 2.79. The Morgan fingerprint density at radius 1 is 1.35 bits per heavy atom. The number of ether oxygens (including phenoxy) is 2. The van der Waals surface area contributed by atoms with Crippen molar-refractivity contribution in [3.05, 3.63) is 29.3 Å². The van der Waals surface area contributed by atoms with E-state index >= 15 is 0 Å². The molecular formula is C16H25NO3. The van der Waals surface area contributed by atoms with Gasteiger partial charge in [-0.15, -0.1) is 0 Å². The normalized spacial score (nSPS) is 10.7. The summed E-state index contributed by atoms with van der Waals surface area (Å²) in [6.07, 6.45) is 0.810. The van der Waals surface area contributed by atoms with Gasteiger partial charge in [-0.1, -0.05) is 19.9 Å². The van der Waals surface area contributed by atoms with E-state index < -0.39 is 0 Å². The fraction of sp³-hybridized carbons (Fsp3) is 0.562. The molecule has 0 radical (unpaired) electrons. The summed E-state index contributed by atoms with van der Waals surface area (Å²) >= 11 is 0. The molecular weight excluding hydrogens is 254 g/mol. The van der Waals surface area contributed by atoms with Gasteiger partial charge in [-0.3, -0.25) is 4.79 Å². The number of hydrogen-bond donors (Lipinski definition) is 1. The van der Waals surface area contributed by atoms with Crippen LogP contribution >= 0.6 is 0 Å². The molecule has 0 spiro atoms. The van der Waals surface area contributed by atoms with Crippen molar-refractivity contribution >= 4 is 5.91 Å². The van der Waals surface area contributed by atoms with Crippen molar-refractivity contribution in [2.75, 3.05) is 26.9 Å². The van der Waals surface area contributed by atoms with Gasteiger partial charge in [-0.25, -0.2) is 0 Å². The van der Waals surface area contributed by atoms with Gasteiger partial charge in [-0.05, 0) is 42.5 Å². The minimum Gasteiger partial charge on any atom is -0.484 e. The van der Waals surface area contributed by atoms with Crippen LogP contribution in [0.2, 0.25) is 0 Å². The number of amides is 1. The first kappa shape index (κ1) is 16.5. The standard InChI is InChI=1S/C16H25NO3/c1-12(2)15-7-6-14(10-13(15)3)20-11-16(18)17-8-5-9-19-4/h6-7,10,12H,5,8-9,11H2,1-4H3,(H,17,18). The molecule has 0 aromatic heterocycles. The first-order valence-corrected chi connectivity index (χ1v) is 7.03. The van der Waals surface area contributed by atoms with E-state index in [1.165, 1.54) is 11.1 Å². The highest BCUT2D eigenvalue weighted by Gasteiger charge is 2.06. The third-order valence-corrected chi connectivity index (χ3v) is 3.08. The van der Waals surface area contributed by atoms with Gasteiger partial charge < -0.3 is 14.8 Å². The molecule has 0 atom stereocenters. The summed E-state index contributed by atoms with van der Waals surface area (Å²) in [6, 6.07) is 5.96. The lowest BCUT2D eigenvalue weighted by molar-refractivity contribution is -0.123. The summed E-state index contributed by atoms with van der Waals surface area (Å²) in [5.41, 5.74) is 2.50. The molecule has 0 aliphatic heterocycles. The highest BCUT2D eigenvalue weighted by molar-refractivity contribution is 5.77. The molecule has 0 aliphatic carbocycles. The molecule has 1 N–H and O–H groups in total. The van der Waals surface area contributed by atoms with Crippen molar-refractivity contribution < 1.29 is 14.3 Å². The molecule has 1 amide bonds. The quantitative estimate of drug-likeness (QED) is 0.744. The molecule has 0 aliphatic rings. The number of methoxy groups -OCH3 is 1. The third kappa shape index (κ3) is 5.61. The Labute approximate surface area is 121 Å². The minimum atomic E-state index is -0.105. The molecule has 0 saturated heterocycles. The molecule has 20 heavy (non-hydrogen) atoms. The van der Waals surface area contributed by atoms with E-state index in [9.17, 15) is 4.79 Å². The Morgan fingerprint density at radius 2 is 2.10 bits per heavy atom. The lowest BCUT2D eigenvalue weighted by Gasteiger charge is -2.12. The SMILES string of the molecule is COCCCNC(=O)COc1ccc(C(C)C)c(C)c1. The van der Waals surface area contributed by atoms with Gasteiger partial charge in [0.15, 0.2) is 6.61 Å². The number of aryl methyl sites for hydroxylation is 1. The Hall–Kier alpha value is -1.55. The molecule has 0 saturated carbocycles. The molecule has 1 aromatic rings. The van der Waals surface area contributed by atoms with Gasteiger partial charge in [0.05, 0.1) is 0 Å². The third-order valence-electron chi connectivity index (χ3n) is 3.08. The zero-order chi connectivity index (χ0) is 15.0. The average Bonchev–Trinajstić information content (AvgIpc) is 2.41. The van der Waals surface area contributed by atoms with Crippen molar-refractivity contribution in [1.82, 2.24) is 5.32 Å². The predicted octanol–water partition coefficient (Wildman–Crippen LogP) is 2.65. The van der Waals surface area contributed by atoms with Crippen LogP contribution in [0.3, 0.4) is 0 Å². The van der Waals surface area contributed by atoms with Crippen molar-refractivity contribution in [2.24, 2.45) is 0 Å². The lowest BCUT2D eigenvalue weighted by Crippen LogP contribution is -2.30. The zero-order valence-corrected chi connectivity index (χ0v) is 12.9. The summed E-state index contributed by atoms with van der Waals surface area (Å²) in [7, 11) is 1.65. The molecule has 0 bridgehead atoms. The first-order valence-electron chi connectivity index (χ1n) is 7.03. The van der Waals surface area contributed by atoms with Crippen LogP contribution in [0.4, 0.5) is 0 Å². The second-order valence-electron chi connectivity index (χ2n) is 5.16. The summed E-state index contributed by atoms with van der Waals surface area (Å²) in [5.74, 6) is 1.12. The highest BCUT2D eigenvalue weighted by atomic mass is 16.5. The summed E-state index contributed by atoms with van der Waals surface area (Å²) in [4.78, 5) is 11.6. The summed E-state index contributed by atoms with van der Waals surface area (Å²) in [6.45, 7) is 7.70. The van der Waals surface area contributed by atoms with E-state index in [-0.39, 0.29) is 12.5 Å². The molecule has 0 fully saturated rings. The van der Waals surface area contributed by atoms with E-state index in [0.29, 0.717) is 19.1 Å². The zero-order valence-electron chi connectivity index (χ0n) is 12.9. The van der Waals surface area contributed by atoms with E-state index in [0.717, 1.165) is 12.2 Å². The molecule has 4 nitrogen and oxygen atoms in total. The molecule has 1 rings (SSSR count). The molecule has 0 heterocycles. The van der Waals surface area contributed by atoms with Crippen molar-refractivity contribution in [3.63, 3.8) is 0 Å². The highest BCUT2D eigenvalue weighted by Crippen LogP contribution is 2.23. The van der Waals surface area contributed by atoms with Gasteiger partial charge >= 0.3 is 0 Å². The Kier molecular flexibility index (Phi) is 7.09. The molecule has 112 valence electrons. The maximum Gasteiger partial charge on any atom is 0.257 e. The van der Waals surface area contributed by atoms with Gasteiger partial charge in [0.2, 0.25) is 0 Å². The van der Waals surface area contributed by atoms with Gasteiger partial charge in [0.25, 0.3) is 5.91 Å². The fourth-order valence-electron chi connectivity index (χ4n) is 2.03. The maximum absolute atomic E-state index is 11.6. The minimum absolute atomic E-state index is 0.0491. The summed E-state index contributed by atoms with van der Waals surface area (Å²) < 4.78 is 10.4. The van der Waals surface area contributed by atoms with Crippen LogP contribution in [0.25, 0.3) is 0 Å². The molecule has 4 heteroatoms. The maximum atomic E-state index is 11.6. The smallest absolute Gasteiger partial charge is 0.257 e. The lowest BCUT2D eigenvalue weighted by atomic mass is 9.98.